The zero-order valence-electron chi connectivity index (χ0n) is 11.6. The molecule has 0 bridgehead atoms. The van der Waals surface area contributed by atoms with Crippen molar-refractivity contribution < 1.29 is 0 Å². The van der Waals surface area contributed by atoms with Crippen LogP contribution in [-0.4, -0.2) is 0 Å². The summed E-state index contributed by atoms with van der Waals surface area (Å²) >= 11 is 0. The summed E-state index contributed by atoms with van der Waals surface area (Å²) in [5.74, 6) is 0. The van der Waals surface area contributed by atoms with E-state index < -0.39 is 0 Å². The van der Waals surface area contributed by atoms with Gasteiger partial charge in [0.25, 0.3) is 0 Å². The predicted octanol–water partition coefficient (Wildman–Crippen LogP) is 4.74. The van der Waals surface area contributed by atoms with Gasteiger partial charge in [-0.2, -0.15) is 0 Å². The molecule has 1 aromatic carbocycles. The normalized spacial score (nSPS) is 11.4. The van der Waals surface area contributed by atoms with E-state index in [-0.39, 0.29) is 0 Å². The number of allylic oxidation sites excluding steroid dienone is 2. The summed E-state index contributed by atoms with van der Waals surface area (Å²) in [5.41, 5.74) is 8.84. The van der Waals surface area contributed by atoms with Crippen molar-refractivity contribution in [3.8, 4) is 0 Å². The lowest BCUT2D eigenvalue weighted by atomic mass is 9.88. The van der Waals surface area contributed by atoms with Crippen molar-refractivity contribution in [1.82, 2.24) is 0 Å². The highest BCUT2D eigenvalue weighted by Crippen LogP contribution is 2.26. The third-order valence-corrected chi connectivity index (χ3v) is 3.88. The maximum absolute atomic E-state index is 2.30. The van der Waals surface area contributed by atoms with Gasteiger partial charge in [-0.05, 0) is 80.8 Å². The molecular formula is C16H24. The van der Waals surface area contributed by atoms with Gasteiger partial charge in [-0.1, -0.05) is 19.1 Å². The van der Waals surface area contributed by atoms with E-state index in [1.165, 1.54) is 33.4 Å². The Morgan fingerprint density at radius 2 is 1.12 bits per heavy atom. The number of benzene rings is 1. The van der Waals surface area contributed by atoms with Crippen molar-refractivity contribution in [2.24, 2.45) is 0 Å². The minimum atomic E-state index is 1.08. The second kappa shape index (κ2) is 5.34. The van der Waals surface area contributed by atoms with E-state index in [4.69, 9.17) is 0 Å². The molecule has 0 heterocycles. The molecule has 0 aliphatic carbocycles. The molecule has 0 atom stereocenters. The van der Waals surface area contributed by atoms with Crippen molar-refractivity contribution in [3.05, 3.63) is 45.5 Å². The smallest absolute Gasteiger partial charge is 0.00920 e. The summed E-state index contributed by atoms with van der Waals surface area (Å²) in [6.07, 6.45) is 6.75. The van der Waals surface area contributed by atoms with Gasteiger partial charge in [0, 0.05) is 0 Å². The number of hydrogen-bond donors (Lipinski definition) is 0. The fraction of sp³-hybridized carbons (Fsp3) is 0.500. The van der Waals surface area contributed by atoms with Crippen LogP contribution in [0.2, 0.25) is 0 Å². The van der Waals surface area contributed by atoms with E-state index in [0.29, 0.717) is 0 Å². The molecule has 0 fully saturated rings. The lowest BCUT2D eigenvalue weighted by Gasteiger charge is -2.17. The predicted molar refractivity (Wildman–Crippen MR) is 73.3 cm³/mol. The van der Waals surface area contributed by atoms with Crippen molar-refractivity contribution in [2.75, 3.05) is 0 Å². The standard InChI is InChI=1S/C16H24/c1-7-8-9-10-16-14(5)12(3)11(2)13(4)15(16)6/h8-9H,7,10H2,1-6H3/b9-8+. The van der Waals surface area contributed by atoms with Crippen LogP contribution in [0.15, 0.2) is 12.2 Å². The highest BCUT2D eigenvalue weighted by atomic mass is 14.2. The third-order valence-electron chi connectivity index (χ3n) is 3.88. The fourth-order valence-electron chi connectivity index (χ4n) is 2.25. The van der Waals surface area contributed by atoms with Gasteiger partial charge in [0.2, 0.25) is 0 Å². The lowest BCUT2D eigenvalue weighted by Crippen LogP contribution is -2.01. The second-order valence-electron chi connectivity index (χ2n) is 4.69. The number of rotatable bonds is 3. The maximum Gasteiger partial charge on any atom is -0.00920 e. The van der Waals surface area contributed by atoms with Gasteiger partial charge in [0.1, 0.15) is 0 Å². The molecule has 0 saturated heterocycles. The molecule has 0 spiro atoms. The fourth-order valence-corrected chi connectivity index (χ4v) is 2.25. The Kier molecular flexibility index (Phi) is 4.35. The Balaban J connectivity index is 3.23. The number of hydrogen-bond acceptors (Lipinski definition) is 0. The van der Waals surface area contributed by atoms with Gasteiger partial charge in [-0.25, -0.2) is 0 Å². The second-order valence-corrected chi connectivity index (χ2v) is 4.69. The Morgan fingerprint density at radius 1 is 0.688 bits per heavy atom. The third kappa shape index (κ3) is 2.37. The molecule has 0 heteroatoms. The minimum Gasteiger partial charge on any atom is -0.0885 e. The highest BCUT2D eigenvalue weighted by molar-refractivity contribution is 5.50. The molecule has 0 aromatic heterocycles. The Morgan fingerprint density at radius 3 is 1.56 bits per heavy atom. The summed E-state index contributed by atoms with van der Waals surface area (Å²) in [5, 5.41) is 0. The Hall–Kier alpha value is -1.04. The molecule has 0 N–H and O–H groups in total. The van der Waals surface area contributed by atoms with Gasteiger partial charge < -0.3 is 0 Å². The van der Waals surface area contributed by atoms with E-state index in [9.17, 15) is 0 Å². The summed E-state index contributed by atoms with van der Waals surface area (Å²) in [4.78, 5) is 0. The van der Waals surface area contributed by atoms with Crippen molar-refractivity contribution >= 4 is 0 Å². The van der Waals surface area contributed by atoms with Crippen LogP contribution in [0.1, 0.15) is 46.7 Å². The van der Waals surface area contributed by atoms with Crippen LogP contribution in [0.4, 0.5) is 0 Å². The quantitative estimate of drug-likeness (QED) is 0.640. The van der Waals surface area contributed by atoms with Crippen LogP contribution in [0.5, 0.6) is 0 Å². The molecule has 0 radical (unpaired) electrons. The highest BCUT2D eigenvalue weighted by Gasteiger charge is 2.10. The molecular weight excluding hydrogens is 192 g/mol. The van der Waals surface area contributed by atoms with Gasteiger partial charge in [0.05, 0.1) is 0 Å². The SMILES string of the molecule is CC/C=C/Cc1c(C)c(C)c(C)c(C)c1C. The van der Waals surface area contributed by atoms with Crippen molar-refractivity contribution in [1.29, 1.82) is 0 Å². The van der Waals surface area contributed by atoms with E-state index in [0.717, 1.165) is 12.8 Å². The van der Waals surface area contributed by atoms with Crippen molar-refractivity contribution in [3.63, 3.8) is 0 Å². The molecule has 1 aromatic rings. The summed E-state index contributed by atoms with van der Waals surface area (Å²) < 4.78 is 0. The molecule has 0 nitrogen and oxygen atoms in total. The first-order chi connectivity index (χ1) is 7.50. The molecule has 0 saturated carbocycles. The Bertz CT molecular complexity index is 380. The monoisotopic (exact) mass is 216 g/mol. The van der Waals surface area contributed by atoms with Crippen LogP contribution < -0.4 is 0 Å². The first kappa shape index (κ1) is 13.0. The van der Waals surface area contributed by atoms with Crippen LogP contribution in [0.3, 0.4) is 0 Å². The van der Waals surface area contributed by atoms with Crippen LogP contribution in [0.25, 0.3) is 0 Å². The molecule has 16 heavy (non-hydrogen) atoms. The lowest BCUT2D eigenvalue weighted by molar-refractivity contribution is 1.08. The van der Waals surface area contributed by atoms with Crippen LogP contribution in [-0.2, 0) is 6.42 Å². The van der Waals surface area contributed by atoms with E-state index >= 15 is 0 Å². The van der Waals surface area contributed by atoms with Crippen LogP contribution in [0, 0.1) is 34.6 Å². The average molecular weight is 216 g/mol. The minimum absolute atomic E-state index is 1.08. The molecule has 88 valence electrons. The first-order valence-electron chi connectivity index (χ1n) is 6.21. The van der Waals surface area contributed by atoms with Crippen LogP contribution >= 0.6 is 0 Å². The van der Waals surface area contributed by atoms with E-state index in [1.54, 1.807) is 0 Å². The topological polar surface area (TPSA) is 0 Å². The molecule has 0 unspecified atom stereocenters. The molecule has 0 aliphatic heterocycles. The van der Waals surface area contributed by atoms with Gasteiger partial charge in [0.15, 0.2) is 0 Å². The first-order valence-corrected chi connectivity index (χ1v) is 6.21. The largest absolute Gasteiger partial charge is 0.0885 e. The van der Waals surface area contributed by atoms with Gasteiger partial charge in [-0.3, -0.25) is 0 Å². The van der Waals surface area contributed by atoms with Gasteiger partial charge >= 0.3 is 0 Å². The average Bonchev–Trinajstić information content (AvgIpc) is 2.28. The van der Waals surface area contributed by atoms with Crippen molar-refractivity contribution in [2.45, 2.75) is 54.4 Å². The summed E-state index contributed by atoms with van der Waals surface area (Å²) in [6, 6.07) is 0. The summed E-state index contributed by atoms with van der Waals surface area (Å²) in [6.45, 7) is 13.4. The zero-order valence-corrected chi connectivity index (χ0v) is 11.6. The molecule has 0 aliphatic rings. The van der Waals surface area contributed by atoms with Gasteiger partial charge in [-0.15, -0.1) is 0 Å². The van der Waals surface area contributed by atoms with E-state index in [2.05, 4.69) is 53.7 Å². The molecule has 0 amide bonds. The Labute approximate surface area is 100 Å². The van der Waals surface area contributed by atoms with E-state index in [1.807, 2.05) is 0 Å². The maximum atomic E-state index is 2.30. The molecule has 1 rings (SSSR count). The zero-order chi connectivity index (χ0) is 12.3. The summed E-state index contributed by atoms with van der Waals surface area (Å²) in [7, 11) is 0.